The zero-order chi connectivity index (χ0) is 19.9. The molecule has 1 N–H and O–H groups in total. The molecular formula is C17H14ClN3O5S. The summed E-state index contributed by atoms with van der Waals surface area (Å²) < 4.78 is 0.576. The summed E-state index contributed by atoms with van der Waals surface area (Å²) in [5.41, 5.74) is -0.820. The van der Waals surface area contributed by atoms with E-state index in [-0.39, 0.29) is 17.2 Å². The van der Waals surface area contributed by atoms with Crippen molar-refractivity contribution in [2.24, 2.45) is 0 Å². The van der Waals surface area contributed by atoms with Crippen molar-refractivity contribution >= 4 is 46.3 Å². The lowest BCUT2D eigenvalue weighted by Gasteiger charge is -2.23. The molecule has 2 unspecified atom stereocenters. The molecule has 0 fully saturated rings. The van der Waals surface area contributed by atoms with Gasteiger partial charge in [0.2, 0.25) is 5.91 Å². The number of nitro groups is 1. The standard InChI is InChI=1S/C17H14ClN3O5S/c1-8(12-6-7-13(18)27-12)19-15(22)9(2)20-16(23)10-4-3-5-11(21(25)26)14(10)17(20)24/h3-9H,1-2H3,(H,19,22). The molecule has 0 saturated carbocycles. The molecule has 1 aromatic carbocycles. The molecule has 0 radical (unpaired) electrons. The fourth-order valence-corrected chi connectivity index (χ4v) is 3.94. The Morgan fingerprint density at radius 2 is 1.93 bits per heavy atom. The molecule has 3 rings (SSSR count). The van der Waals surface area contributed by atoms with Gasteiger partial charge in [0.15, 0.2) is 0 Å². The van der Waals surface area contributed by atoms with Gasteiger partial charge in [0.1, 0.15) is 11.6 Å². The third kappa shape index (κ3) is 3.31. The van der Waals surface area contributed by atoms with E-state index in [0.717, 1.165) is 15.8 Å². The van der Waals surface area contributed by atoms with Crippen LogP contribution in [0.2, 0.25) is 4.34 Å². The second-order valence-electron chi connectivity index (χ2n) is 5.99. The number of hydrogen-bond donors (Lipinski definition) is 1. The molecule has 10 heteroatoms. The van der Waals surface area contributed by atoms with Gasteiger partial charge in [0.05, 0.1) is 20.9 Å². The number of thiophene rings is 1. The summed E-state index contributed by atoms with van der Waals surface area (Å²) in [5, 5.41) is 13.9. The van der Waals surface area contributed by atoms with Gasteiger partial charge >= 0.3 is 0 Å². The summed E-state index contributed by atoms with van der Waals surface area (Å²) in [6.45, 7) is 3.15. The van der Waals surface area contributed by atoms with Crippen LogP contribution in [-0.2, 0) is 4.79 Å². The van der Waals surface area contributed by atoms with E-state index >= 15 is 0 Å². The van der Waals surface area contributed by atoms with Crippen molar-refractivity contribution < 1.29 is 19.3 Å². The van der Waals surface area contributed by atoms with Gasteiger partial charge in [0.25, 0.3) is 17.5 Å². The highest BCUT2D eigenvalue weighted by Gasteiger charge is 2.45. The minimum Gasteiger partial charge on any atom is -0.347 e. The Morgan fingerprint density at radius 1 is 1.22 bits per heavy atom. The maximum Gasteiger partial charge on any atom is 0.282 e. The maximum atomic E-state index is 12.6. The van der Waals surface area contributed by atoms with Gasteiger partial charge in [-0.25, -0.2) is 0 Å². The zero-order valence-electron chi connectivity index (χ0n) is 14.3. The maximum absolute atomic E-state index is 12.6. The topological polar surface area (TPSA) is 110 Å². The van der Waals surface area contributed by atoms with Crippen LogP contribution < -0.4 is 5.32 Å². The van der Waals surface area contributed by atoms with Gasteiger partial charge < -0.3 is 5.32 Å². The first-order valence-corrected chi connectivity index (χ1v) is 9.12. The Morgan fingerprint density at radius 3 is 2.52 bits per heavy atom. The average molecular weight is 408 g/mol. The number of carbonyl (C=O) groups is 3. The fourth-order valence-electron chi connectivity index (χ4n) is 2.87. The van der Waals surface area contributed by atoms with Gasteiger partial charge in [0, 0.05) is 10.9 Å². The van der Waals surface area contributed by atoms with E-state index in [9.17, 15) is 24.5 Å². The third-order valence-electron chi connectivity index (χ3n) is 4.27. The van der Waals surface area contributed by atoms with Crippen LogP contribution in [0.1, 0.15) is 45.5 Å². The predicted molar refractivity (Wildman–Crippen MR) is 98.9 cm³/mol. The number of hydrogen-bond acceptors (Lipinski definition) is 6. The quantitative estimate of drug-likeness (QED) is 0.465. The lowest BCUT2D eigenvalue weighted by Crippen LogP contribution is -2.48. The summed E-state index contributed by atoms with van der Waals surface area (Å²) in [4.78, 5) is 49.8. The number of imide groups is 1. The minimum absolute atomic E-state index is 0.0769. The molecule has 1 aliphatic rings. The Labute approximate surface area is 162 Å². The number of nitro benzene ring substituents is 1. The molecule has 8 nitrogen and oxygen atoms in total. The molecule has 0 spiro atoms. The van der Waals surface area contributed by atoms with Crippen LogP contribution in [0.3, 0.4) is 0 Å². The molecular weight excluding hydrogens is 394 g/mol. The van der Waals surface area contributed by atoms with Crippen molar-refractivity contribution in [2.75, 3.05) is 0 Å². The Bertz CT molecular complexity index is 973. The lowest BCUT2D eigenvalue weighted by molar-refractivity contribution is -0.385. The van der Waals surface area contributed by atoms with Gasteiger partial charge in [-0.15, -0.1) is 11.3 Å². The van der Waals surface area contributed by atoms with Crippen molar-refractivity contribution in [2.45, 2.75) is 25.9 Å². The second-order valence-corrected chi connectivity index (χ2v) is 7.73. The van der Waals surface area contributed by atoms with Crippen molar-refractivity contribution in [3.63, 3.8) is 0 Å². The van der Waals surface area contributed by atoms with E-state index in [2.05, 4.69) is 5.32 Å². The number of halogens is 1. The number of nitrogens with zero attached hydrogens (tertiary/aromatic N) is 2. The van der Waals surface area contributed by atoms with Gasteiger partial charge in [-0.3, -0.25) is 29.4 Å². The zero-order valence-corrected chi connectivity index (χ0v) is 15.8. The molecule has 0 saturated heterocycles. The third-order valence-corrected chi connectivity index (χ3v) is 5.68. The predicted octanol–water partition coefficient (Wildman–Crippen LogP) is 3.17. The molecule has 27 heavy (non-hydrogen) atoms. The van der Waals surface area contributed by atoms with E-state index in [0.29, 0.717) is 4.34 Å². The highest BCUT2D eigenvalue weighted by Crippen LogP contribution is 2.32. The highest BCUT2D eigenvalue weighted by atomic mass is 35.5. The van der Waals surface area contributed by atoms with Crippen molar-refractivity contribution in [1.82, 2.24) is 10.2 Å². The van der Waals surface area contributed by atoms with Crippen LogP contribution in [0.25, 0.3) is 0 Å². The smallest absolute Gasteiger partial charge is 0.282 e. The number of nitrogens with one attached hydrogen (secondary N) is 1. The minimum atomic E-state index is -1.13. The summed E-state index contributed by atoms with van der Waals surface area (Å²) in [5.74, 6) is -2.13. The van der Waals surface area contributed by atoms with Gasteiger partial charge in [-0.2, -0.15) is 0 Å². The van der Waals surface area contributed by atoms with Gasteiger partial charge in [-0.1, -0.05) is 17.7 Å². The van der Waals surface area contributed by atoms with Crippen LogP contribution in [0, 0.1) is 10.1 Å². The molecule has 0 bridgehead atoms. The molecule has 140 valence electrons. The fraction of sp³-hybridized carbons (Fsp3) is 0.235. The van der Waals surface area contributed by atoms with Crippen LogP contribution in [-0.4, -0.2) is 33.6 Å². The number of amides is 3. The SMILES string of the molecule is CC(NC(=O)C(C)N1C(=O)c2cccc([N+](=O)[O-])c2C1=O)c1ccc(Cl)s1. The first-order valence-electron chi connectivity index (χ1n) is 7.93. The summed E-state index contributed by atoms with van der Waals surface area (Å²) >= 11 is 7.20. The van der Waals surface area contributed by atoms with Crippen LogP contribution >= 0.6 is 22.9 Å². The van der Waals surface area contributed by atoms with E-state index in [4.69, 9.17) is 11.6 Å². The number of rotatable bonds is 5. The van der Waals surface area contributed by atoms with Crippen molar-refractivity contribution in [3.8, 4) is 0 Å². The van der Waals surface area contributed by atoms with Gasteiger partial charge in [-0.05, 0) is 32.0 Å². The van der Waals surface area contributed by atoms with Crippen LogP contribution in [0.5, 0.6) is 0 Å². The Kier molecular flexibility index (Phi) is 4.99. The Balaban J connectivity index is 1.83. The number of carbonyl (C=O) groups excluding carboxylic acids is 3. The second kappa shape index (κ2) is 7.09. The van der Waals surface area contributed by atoms with E-state index in [1.54, 1.807) is 19.1 Å². The molecule has 2 atom stereocenters. The van der Waals surface area contributed by atoms with Crippen molar-refractivity contribution in [3.05, 3.63) is 60.8 Å². The normalized spacial score (nSPS) is 15.4. The molecule has 0 aliphatic carbocycles. The largest absolute Gasteiger partial charge is 0.347 e. The van der Waals surface area contributed by atoms with E-state index in [1.165, 1.54) is 30.4 Å². The first kappa shape index (κ1) is 19.0. The van der Waals surface area contributed by atoms with E-state index in [1.807, 2.05) is 0 Å². The average Bonchev–Trinajstić information content (AvgIpc) is 3.16. The van der Waals surface area contributed by atoms with Crippen molar-refractivity contribution in [1.29, 1.82) is 0 Å². The van der Waals surface area contributed by atoms with Crippen LogP contribution in [0.15, 0.2) is 30.3 Å². The molecule has 2 aromatic rings. The summed E-state index contributed by atoms with van der Waals surface area (Å²) in [6, 6.07) is 5.80. The lowest BCUT2D eigenvalue weighted by atomic mass is 10.1. The molecule has 3 amide bonds. The number of benzene rings is 1. The monoisotopic (exact) mass is 407 g/mol. The van der Waals surface area contributed by atoms with Crippen LogP contribution in [0.4, 0.5) is 5.69 Å². The highest BCUT2D eigenvalue weighted by molar-refractivity contribution is 7.16. The summed E-state index contributed by atoms with van der Waals surface area (Å²) in [6.07, 6.45) is 0. The number of fused-ring (bicyclic) bond motifs is 1. The molecule has 1 aliphatic heterocycles. The molecule has 2 heterocycles. The summed E-state index contributed by atoms with van der Waals surface area (Å²) in [7, 11) is 0. The Hall–Kier alpha value is -2.78. The molecule has 1 aromatic heterocycles. The first-order chi connectivity index (χ1) is 12.7. The van der Waals surface area contributed by atoms with E-state index < -0.39 is 34.4 Å².